The number of aromatic nitrogens is 1. The average molecular weight is 306 g/mol. The average Bonchev–Trinajstić information content (AvgIpc) is 3.39. The molecule has 1 fully saturated rings. The van der Waals surface area contributed by atoms with Crippen LogP contribution < -0.4 is 0 Å². The number of pyridine rings is 1. The number of rotatable bonds is 3. The van der Waals surface area contributed by atoms with Crippen LogP contribution in [-0.2, 0) is 6.42 Å². The van der Waals surface area contributed by atoms with Gasteiger partial charge in [-0.3, -0.25) is 15.2 Å². The van der Waals surface area contributed by atoms with E-state index in [1.807, 2.05) is 18.2 Å². The molecule has 4 heteroatoms. The van der Waals surface area contributed by atoms with Crippen LogP contribution in [0.1, 0.15) is 34.5 Å². The van der Waals surface area contributed by atoms with Crippen molar-refractivity contribution in [2.45, 2.75) is 19.3 Å². The summed E-state index contributed by atoms with van der Waals surface area (Å²) < 4.78 is 13.0. The normalized spacial score (nSPS) is 17.4. The molecule has 0 bridgehead atoms. The molecular weight excluding hydrogens is 291 g/mol. The molecule has 114 valence electrons. The largest absolute Gasteiger partial charge is 0.300 e. The fourth-order valence-electron chi connectivity index (χ4n) is 3.17. The van der Waals surface area contributed by atoms with Crippen molar-refractivity contribution in [1.29, 1.82) is 5.41 Å². The summed E-state index contributed by atoms with van der Waals surface area (Å²) in [6.07, 6.45) is 3.56. The number of halogens is 1. The molecule has 1 aromatic carbocycles. The summed E-state index contributed by atoms with van der Waals surface area (Å²) in [5.74, 6) is -0.113. The Balaban J connectivity index is 1.81. The Hall–Kier alpha value is -2.62. The first-order chi connectivity index (χ1) is 11.1. The maximum Gasteiger partial charge on any atom is 0.190 e. The van der Waals surface area contributed by atoms with Crippen molar-refractivity contribution in [3.63, 3.8) is 0 Å². The van der Waals surface area contributed by atoms with Crippen LogP contribution in [0.2, 0.25) is 0 Å². The molecule has 1 aromatic heterocycles. The van der Waals surface area contributed by atoms with Gasteiger partial charge in [-0.05, 0) is 36.5 Å². The first kappa shape index (κ1) is 14.0. The van der Waals surface area contributed by atoms with Gasteiger partial charge in [0, 0.05) is 28.8 Å². The molecule has 4 rings (SSSR count). The third-order valence-corrected chi connectivity index (χ3v) is 4.44. The predicted molar refractivity (Wildman–Crippen MR) is 85.3 cm³/mol. The van der Waals surface area contributed by atoms with E-state index >= 15 is 0 Å². The zero-order valence-corrected chi connectivity index (χ0v) is 12.5. The first-order valence-corrected chi connectivity index (χ1v) is 7.71. The van der Waals surface area contributed by atoms with Crippen molar-refractivity contribution in [1.82, 2.24) is 4.98 Å². The second-order valence-electron chi connectivity index (χ2n) is 6.06. The Bertz CT molecular complexity index is 848. The van der Waals surface area contributed by atoms with Gasteiger partial charge in [0.15, 0.2) is 5.78 Å². The van der Waals surface area contributed by atoms with E-state index in [2.05, 4.69) is 4.98 Å². The number of hydrogen-bond acceptors (Lipinski definition) is 3. The Morgan fingerprint density at radius 2 is 1.87 bits per heavy atom. The highest BCUT2D eigenvalue weighted by Gasteiger charge is 2.37. The molecule has 0 aliphatic heterocycles. The van der Waals surface area contributed by atoms with Crippen molar-refractivity contribution in [2.75, 3.05) is 0 Å². The molecule has 0 radical (unpaired) electrons. The van der Waals surface area contributed by atoms with Crippen LogP contribution in [0.25, 0.3) is 0 Å². The fraction of sp³-hybridized carbons (Fsp3) is 0.211. The van der Waals surface area contributed by atoms with E-state index in [0.29, 0.717) is 34.9 Å². The quantitative estimate of drug-likeness (QED) is 0.939. The number of hydrogen-bond donors (Lipinski definition) is 1. The Labute approximate surface area is 133 Å². The van der Waals surface area contributed by atoms with Crippen LogP contribution in [0.4, 0.5) is 4.39 Å². The molecule has 2 aliphatic rings. The van der Waals surface area contributed by atoms with E-state index in [1.165, 1.54) is 12.3 Å². The van der Waals surface area contributed by atoms with Crippen LogP contribution in [0.15, 0.2) is 53.7 Å². The molecule has 3 nitrogen and oxygen atoms in total. The second kappa shape index (κ2) is 5.23. The maximum atomic E-state index is 13.0. The van der Waals surface area contributed by atoms with Gasteiger partial charge in [0.25, 0.3) is 0 Å². The second-order valence-corrected chi connectivity index (χ2v) is 6.06. The Kier molecular flexibility index (Phi) is 3.18. The summed E-state index contributed by atoms with van der Waals surface area (Å²) in [5, 5.41) is 8.53. The van der Waals surface area contributed by atoms with Crippen LogP contribution in [-0.4, -0.2) is 16.5 Å². The fourth-order valence-corrected chi connectivity index (χ4v) is 3.17. The number of nitrogens with zero attached hydrogens (tertiary/aromatic N) is 1. The third-order valence-electron chi connectivity index (χ3n) is 4.44. The molecule has 2 aromatic rings. The predicted octanol–water partition coefficient (Wildman–Crippen LogP) is 3.73. The minimum atomic E-state index is -0.391. The van der Waals surface area contributed by atoms with E-state index in [1.54, 1.807) is 12.1 Å². The SMILES string of the molecule is N=C1C(C2CC2)=C(Cc2ccc(F)cn2)C(=O)c2ccccc21. The highest BCUT2D eigenvalue weighted by Crippen LogP contribution is 2.43. The number of fused-ring (bicyclic) bond motifs is 1. The molecule has 1 heterocycles. The van der Waals surface area contributed by atoms with Gasteiger partial charge < -0.3 is 0 Å². The first-order valence-electron chi connectivity index (χ1n) is 7.71. The topological polar surface area (TPSA) is 53.8 Å². The number of Topliss-reactive ketones (excluding diaryl/α,β-unsaturated/α-hetero) is 1. The third kappa shape index (κ3) is 2.40. The molecular formula is C19H15FN2O. The highest BCUT2D eigenvalue weighted by atomic mass is 19.1. The zero-order chi connectivity index (χ0) is 16.0. The van der Waals surface area contributed by atoms with Crippen molar-refractivity contribution >= 4 is 11.5 Å². The van der Waals surface area contributed by atoms with Gasteiger partial charge >= 0.3 is 0 Å². The molecule has 1 N–H and O–H groups in total. The number of carbonyl (C=O) groups is 1. The van der Waals surface area contributed by atoms with E-state index in [-0.39, 0.29) is 5.78 Å². The minimum Gasteiger partial charge on any atom is -0.300 e. The summed E-state index contributed by atoms with van der Waals surface area (Å²) in [4.78, 5) is 17.0. The van der Waals surface area contributed by atoms with Gasteiger partial charge in [-0.25, -0.2) is 4.39 Å². The number of benzene rings is 1. The molecule has 2 aliphatic carbocycles. The molecule has 0 atom stereocenters. The van der Waals surface area contributed by atoms with Crippen molar-refractivity contribution in [2.24, 2.45) is 5.92 Å². The maximum absolute atomic E-state index is 13.0. The molecule has 0 spiro atoms. The summed E-state index contributed by atoms with van der Waals surface area (Å²) in [5.41, 5.74) is 3.92. The van der Waals surface area contributed by atoms with Crippen LogP contribution in [0, 0.1) is 17.1 Å². The van der Waals surface area contributed by atoms with Gasteiger partial charge in [0.1, 0.15) is 5.82 Å². The summed E-state index contributed by atoms with van der Waals surface area (Å²) in [6.45, 7) is 0. The lowest BCUT2D eigenvalue weighted by molar-refractivity contribution is 0.102. The van der Waals surface area contributed by atoms with E-state index in [9.17, 15) is 9.18 Å². The van der Waals surface area contributed by atoms with Gasteiger partial charge in [-0.2, -0.15) is 0 Å². The van der Waals surface area contributed by atoms with Gasteiger partial charge in [0.2, 0.25) is 0 Å². The standard InChI is InChI=1S/C19H15FN2O/c20-12-7-8-13(22-10-12)9-16-17(11-5-6-11)18(21)14-3-1-2-4-15(14)19(16)23/h1-4,7-8,10-11,21H,5-6,9H2. The molecule has 0 amide bonds. The smallest absolute Gasteiger partial charge is 0.190 e. The van der Waals surface area contributed by atoms with Gasteiger partial charge in [-0.15, -0.1) is 0 Å². The van der Waals surface area contributed by atoms with Crippen LogP contribution >= 0.6 is 0 Å². The lowest BCUT2D eigenvalue weighted by Crippen LogP contribution is -2.24. The Morgan fingerprint density at radius 3 is 2.52 bits per heavy atom. The lowest BCUT2D eigenvalue weighted by atomic mass is 9.80. The monoisotopic (exact) mass is 306 g/mol. The lowest BCUT2D eigenvalue weighted by Gasteiger charge is -2.23. The van der Waals surface area contributed by atoms with Crippen molar-refractivity contribution < 1.29 is 9.18 Å². The minimum absolute atomic E-state index is 0.0235. The van der Waals surface area contributed by atoms with Crippen LogP contribution in [0.3, 0.4) is 0 Å². The van der Waals surface area contributed by atoms with E-state index in [4.69, 9.17) is 5.41 Å². The van der Waals surface area contributed by atoms with Gasteiger partial charge in [-0.1, -0.05) is 24.3 Å². The molecule has 0 unspecified atom stereocenters. The van der Waals surface area contributed by atoms with E-state index < -0.39 is 5.82 Å². The van der Waals surface area contributed by atoms with Crippen LogP contribution in [0.5, 0.6) is 0 Å². The van der Waals surface area contributed by atoms with Crippen molar-refractivity contribution in [3.05, 3.63) is 76.4 Å². The van der Waals surface area contributed by atoms with Crippen molar-refractivity contribution in [3.8, 4) is 0 Å². The molecule has 1 saturated carbocycles. The number of nitrogens with one attached hydrogen (secondary N) is 1. The zero-order valence-electron chi connectivity index (χ0n) is 12.5. The number of ketones is 1. The molecule has 23 heavy (non-hydrogen) atoms. The molecule has 0 saturated heterocycles. The summed E-state index contributed by atoms with van der Waals surface area (Å²) >= 11 is 0. The summed E-state index contributed by atoms with van der Waals surface area (Å²) in [7, 11) is 0. The highest BCUT2D eigenvalue weighted by molar-refractivity contribution is 6.28. The Morgan fingerprint density at radius 1 is 1.13 bits per heavy atom. The van der Waals surface area contributed by atoms with Gasteiger partial charge in [0.05, 0.1) is 11.9 Å². The number of carbonyl (C=O) groups excluding carboxylic acids is 1. The number of allylic oxidation sites excluding steroid dienone is 2. The van der Waals surface area contributed by atoms with E-state index in [0.717, 1.165) is 24.0 Å². The summed E-state index contributed by atoms with van der Waals surface area (Å²) in [6, 6.07) is 10.2.